The molecule has 4 rings (SSSR count). The normalized spacial score (nSPS) is 18.2. The molecular weight excluding hydrogens is 462 g/mol. The van der Waals surface area contributed by atoms with Crippen molar-refractivity contribution >= 4 is 35.2 Å². The second-order valence-corrected chi connectivity index (χ2v) is 19.0. The lowest BCUT2D eigenvalue weighted by molar-refractivity contribution is 0.484. The third-order valence-corrected chi connectivity index (χ3v) is 17.0. The van der Waals surface area contributed by atoms with Crippen molar-refractivity contribution < 1.29 is 0 Å². The maximum atomic E-state index is 2.64. The highest BCUT2D eigenvalue weighted by molar-refractivity contribution is 7.73. The van der Waals surface area contributed by atoms with Crippen molar-refractivity contribution in [2.45, 2.75) is 107 Å². The predicted octanol–water partition coefficient (Wildman–Crippen LogP) is 9.17. The van der Waals surface area contributed by atoms with E-state index >= 15 is 0 Å². The minimum atomic E-state index is -0.203. The lowest BCUT2D eigenvalue weighted by Gasteiger charge is -2.38. The van der Waals surface area contributed by atoms with Crippen LogP contribution in [0.25, 0.3) is 0 Å². The van der Waals surface area contributed by atoms with Gasteiger partial charge in [0.1, 0.15) is 0 Å². The fourth-order valence-electron chi connectivity index (χ4n) is 6.34. The van der Waals surface area contributed by atoms with E-state index in [4.69, 9.17) is 0 Å². The van der Waals surface area contributed by atoms with Gasteiger partial charge in [0.05, 0.1) is 0 Å². The Bertz CT molecular complexity index is 726. The van der Waals surface area contributed by atoms with Crippen molar-refractivity contribution in [3.8, 4) is 0 Å². The highest BCUT2D eigenvalue weighted by atomic mass is 31.1. The van der Waals surface area contributed by atoms with Gasteiger partial charge < -0.3 is 0 Å². The first-order chi connectivity index (χ1) is 16.8. The molecule has 185 valence electrons. The molecule has 2 fully saturated rings. The molecule has 2 aliphatic rings. The highest BCUT2D eigenvalue weighted by Gasteiger charge is 2.30. The van der Waals surface area contributed by atoms with Gasteiger partial charge in [-0.3, -0.25) is 0 Å². The summed E-state index contributed by atoms with van der Waals surface area (Å²) in [4.78, 5) is 0. The third-order valence-electron chi connectivity index (χ3n) is 8.23. The van der Waals surface area contributed by atoms with Gasteiger partial charge in [0.25, 0.3) is 0 Å². The smallest absolute Gasteiger partial charge is 0.0446 e. The van der Waals surface area contributed by atoms with Crippen LogP contribution in [0, 0.1) is 0 Å². The lowest BCUT2D eigenvalue weighted by Crippen LogP contribution is -2.22. The Morgan fingerprint density at radius 3 is 1.53 bits per heavy atom. The zero-order chi connectivity index (χ0) is 23.4. The van der Waals surface area contributed by atoms with Crippen LogP contribution in [0.1, 0.15) is 77.0 Å². The molecule has 3 heteroatoms. The fraction of sp³-hybridized carbons (Fsp3) is 0.613. The first-order valence-corrected chi connectivity index (χ1v) is 19.9. The van der Waals surface area contributed by atoms with Gasteiger partial charge in [0, 0.05) is 8.80 Å². The first kappa shape index (κ1) is 26.6. The summed E-state index contributed by atoms with van der Waals surface area (Å²) in [5, 5.41) is 3.11. The molecular formula is C31H47P2Si. The van der Waals surface area contributed by atoms with Gasteiger partial charge in [-0.05, 0) is 67.9 Å². The van der Waals surface area contributed by atoms with Crippen LogP contribution in [0.4, 0.5) is 0 Å². The predicted molar refractivity (Wildman–Crippen MR) is 160 cm³/mol. The summed E-state index contributed by atoms with van der Waals surface area (Å²) in [6.07, 6.45) is 21.4. The Balaban J connectivity index is 1.24. The number of hydrogen-bond acceptors (Lipinski definition) is 0. The van der Waals surface area contributed by atoms with Crippen molar-refractivity contribution in [3.05, 3.63) is 60.7 Å². The van der Waals surface area contributed by atoms with E-state index in [9.17, 15) is 0 Å². The fourth-order valence-corrected chi connectivity index (χ4v) is 15.0. The van der Waals surface area contributed by atoms with E-state index in [0.717, 1.165) is 11.3 Å². The quantitative estimate of drug-likeness (QED) is 0.198. The molecule has 0 amide bonds. The molecule has 0 nitrogen and oxygen atoms in total. The SMILES string of the molecule is C[Si](CCCP(c1ccccc1)c1ccccc1)CCCP(C1CCCCC1)C1CCCCC1. The molecule has 2 aliphatic carbocycles. The van der Waals surface area contributed by atoms with Gasteiger partial charge >= 0.3 is 0 Å². The maximum Gasteiger partial charge on any atom is 0.0446 e. The van der Waals surface area contributed by atoms with Crippen LogP contribution < -0.4 is 10.6 Å². The molecule has 0 saturated heterocycles. The summed E-state index contributed by atoms with van der Waals surface area (Å²) >= 11 is 0. The average Bonchev–Trinajstić information content (AvgIpc) is 2.91. The lowest BCUT2D eigenvalue weighted by atomic mass is 9.99. The van der Waals surface area contributed by atoms with Gasteiger partial charge in [0.15, 0.2) is 0 Å². The van der Waals surface area contributed by atoms with Crippen LogP contribution in [0.5, 0.6) is 0 Å². The van der Waals surface area contributed by atoms with Crippen LogP contribution in [0.3, 0.4) is 0 Å². The van der Waals surface area contributed by atoms with E-state index in [2.05, 4.69) is 67.2 Å². The molecule has 0 bridgehead atoms. The molecule has 0 unspecified atom stereocenters. The van der Waals surface area contributed by atoms with Crippen molar-refractivity contribution in [1.82, 2.24) is 0 Å². The van der Waals surface area contributed by atoms with Crippen molar-refractivity contribution in [1.29, 1.82) is 0 Å². The van der Waals surface area contributed by atoms with Crippen LogP contribution in [-0.4, -0.2) is 32.4 Å². The van der Waals surface area contributed by atoms with E-state index in [-0.39, 0.29) is 16.7 Å². The Labute approximate surface area is 214 Å². The minimum Gasteiger partial charge on any atom is -0.100 e. The van der Waals surface area contributed by atoms with Crippen LogP contribution >= 0.6 is 15.8 Å². The largest absolute Gasteiger partial charge is 0.100 e. The Morgan fingerprint density at radius 2 is 1.06 bits per heavy atom. The van der Waals surface area contributed by atoms with Crippen LogP contribution in [0.15, 0.2) is 60.7 Å². The monoisotopic (exact) mass is 509 g/mol. The van der Waals surface area contributed by atoms with E-state index < -0.39 is 0 Å². The summed E-state index contributed by atoms with van der Waals surface area (Å²) in [6.45, 7) is 2.64. The number of hydrogen-bond donors (Lipinski definition) is 0. The second-order valence-electron chi connectivity index (χ2n) is 10.8. The summed E-state index contributed by atoms with van der Waals surface area (Å²) in [7, 11) is -0.0776. The van der Waals surface area contributed by atoms with Gasteiger partial charge in [-0.25, -0.2) is 0 Å². The van der Waals surface area contributed by atoms with E-state index in [0.29, 0.717) is 7.92 Å². The van der Waals surface area contributed by atoms with Gasteiger partial charge in [-0.1, -0.05) is 131 Å². The van der Waals surface area contributed by atoms with Crippen LogP contribution in [0.2, 0.25) is 18.6 Å². The minimum absolute atomic E-state index is 0.183. The summed E-state index contributed by atoms with van der Waals surface area (Å²) in [5.41, 5.74) is 2.28. The molecule has 0 heterocycles. The second kappa shape index (κ2) is 14.9. The molecule has 0 atom stereocenters. The maximum absolute atomic E-state index is 2.64. The topological polar surface area (TPSA) is 0 Å². The average molecular weight is 510 g/mol. The summed E-state index contributed by atoms with van der Waals surface area (Å²) in [5.74, 6) is 0. The Hall–Kier alpha value is -0.483. The van der Waals surface area contributed by atoms with Crippen molar-refractivity contribution in [3.63, 3.8) is 0 Å². The first-order valence-electron chi connectivity index (χ1n) is 14.3. The van der Waals surface area contributed by atoms with Crippen LogP contribution in [-0.2, 0) is 0 Å². The Kier molecular flexibility index (Phi) is 11.7. The number of rotatable bonds is 12. The van der Waals surface area contributed by atoms with E-state index in [1.54, 1.807) is 54.9 Å². The third kappa shape index (κ3) is 8.29. The number of benzene rings is 2. The zero-order valence-electron chi connectivity index (χ0n) is 21.6. The van der Waals surface area contributed by atoms with E-state index in [1.165, 1.54) is 57.2 Å². The van der Waals surface area contributed by atoms with Gasteiger partial charge in [0.2, 0.25) is 0 Å². The molecule has 0 spiro atoms. The zero-order valence-corrected chi connectivity index (χ0v) is 24.4. The molecule has 0 N–H and O–H groups in total. The molecule has 0 aromatic heterocycles. The van der Waals surface area contributed by atoms with E-state index in [1.807, 2.05) is 0 Å². The molecule has 2 aromatic carbocycles. The molecule has 1 radical (unpaired) electrons. The summed E-state index contributed by atoms with van der Waals surface area (Å²) < 4.78 is 0. The van der Waals surface area contributed by atoms with Gasteiger partial charge in [-0.2, -0.15) is 0 Å². The summed E-state index contributed by atoms with van der Waals surface area (Å²) in [6, 6.07) is 25.7. The Morgan fingerprint density at radius 1 is 0.618 bits per heavy atom. The highest BCUT2D eigenvalue weighted by Crippen LogP contribution is 2.56. The molecule has 0 aliphatic heterocycles. The van der Waals surface area contributed by atoms with Crippen molar-refractivity contribution in [2.24, 2.45) is 0 Å². The molecule has 2 saturated carbocycles. The van der Waals surface area contributed by atoms with Crippen molar-refractivity contribution in [2.75, 3.05) is 12.3 Å². The molecule has 2 aromatic rings. The van der Waals surface area contributed by atoms with Gasteiger partial charge in [-0.15, -0.1) is 7.92 Å². The standard InChI is InChI=1S/C31H47P2Si/c1-34(26-14-24-32(28-16-6-2-7-17-28)29-18-8-3-9-19-29)27-15-25-33(30-20-10-4-11-21-30)31-22-12-5-13-23-31/h2-3,6-9,16-19,30-31H,4-5,10-15,20-27H2,1H3. The molecule has 34 heavy (non-hydrogen) atoms.